The number of rotatable bonds is 6. The van der Waals surface area contributed by atoms with Crippen molar-refractivity contribution in [3.8, 4) is 11.5 Å². The van der Waals surface area contributed by atoms with Crippen LogP contribution < -0.4 is 9.47 Å². The number of aromatic nitrogens is 1. The molecule has 0 radical (unpaired) electrons. The number of amides is 1. The first-order chi connectivity index (χ1) is 16.4. The van der Waals surface area contributed by atoms with Crippen LogP contribution >= 0.6 is 11.6 Å². The number of nitrogens with zero attached hydrogens (tertiary/aromatic N) is 2. The van der Waals surface area contributed by atoms with E-state index in [1.54, 1.807) is 30.6 Å². The molecule has 0 bridgehead atoms. The quantitative estimate of drug-likeness (QED) is 0.316. The number of likely N-dealkylation sites (tertiary alicyclic amines) is 1. The first kappa shape index (κ1) is 23.3. The maximum Gasteiger partial charge on any atom is 0.295 e. The molecule has 1 N–H and O–H groups in total. The first-order valence-corrected chi connectivity index (χ1v) is 10.6. The van der Waals surface area contributed by atoms with Crippen molar-refractivity contribution in [2.24, 2.45) is 0 Å². The second kappa shape index (κ2) is 9.52. The molecule has 3 aromatic rings. The van der Waals surface area contributed by atoms with Gasteiger partial charge < -0.3 is 19.5 Å². The van der Waals surface area contributed by atoms with Crippen LogP contribution in [-0.2, 0) is 16.1 Å². The zero-order valence-electron chi connectivity index (χ0n) is 18.3. The summed E-state index contributed by atoms with van der Waals surface area (Å²) in [4.78, 5) is 31.5. The molecule has 1 aromatic heterocycles. The average Bonchev–Trinajstić information content (AvgIpc) is 3.09. The zero-order chi connectivity index (χ0) is 24.4. The van der Waals surface area contributed by atoms with E-state index in [9.17, 15) is 19.1 Å². The Hall–Kier alpha value is -3.91. The van der Waals surface area contributed by atoms with Gasteiger partial charge in [0.25, 0.3) is 11.7 Å². The van der Waals surface area contributed by atoms with Crippen LogP contribution in [0.3, 0.4) is 0 Å². The van der Waals surface area contributed by atoms with Crippen LogP contribution in [0.25, 0.3) is 5.76 Å². The summed E-state index contributed by atoms with van der Waals surface area (Å²) in [6, 6.07) is 10.8. The summed E-state index contributed by atoms with van der Waals surface area (Å²) in [6.07, 6.45) is 3.12. The minimum absolute atomic E-state index is 0.0191. The van der Waals surface area contributed by atoms with Gasteiger partial charge in [-0.05, 0) is 23.8 Å². The van der Waals surface area contributed by atoms with E-state index in [1.807, 2.05) is 0 Å². The maximum absolute atomic E-state index is 14.9. The lowest BCUT2D eigenvalue weighted by Crippen LogP contribution is -2.29. The number of Topliss-reactive ketones (excluding diaryl/α,β-unsaturated/α-hetero) is 1. The molecule has 7 nitrogen and oxygen atoms in total. The Morgan fingerprint density at radius 1 is 1.12 bits per heavy atom. The van der Waals surface area contributed by atoms with Crippen molar-refractivity contribution in [3.63, 3.8) is 0 Å². The monoisotopic (exact) mass is 482 g/mol. The molecule has 34 heavy (non-hydrogen) atoms. The largest absolute Gasteiger partial charge is 0.507 e. The van der Waals surface area contributed by atoms with E-state index in [0.29, 0.717) is 5.56 Å². The topological polar surface area (TPSA) is 89.0 Å². The third kappa shape index (κ3) is 4.08. The van der Waals surface area contributed by atoms with Gasteiger partial charge in [0, 0.05) is 30.6 Å². The molecule has 0 spiro atoms. The summed E-state index contributed by atoms with van der Waals surface area (Å²) in [7, 11) is 2.79. The maximum atomic E-state index is 14.9. The molecule has 0 saturated carbocycles. The smallest absolute Gasteiger partial charge is 0.295 e. The molecule has 2 heterocycles. The van der Waals surface area contributed by atoms with Crippen LogP contribution in [0.15, 0.2) is 66.5 Å². The van der Waals surface area contributed by atoms with Gasteiger partial charge in [-0.15, -0.1) is 0 Å². The van der Waals surface area contributed by atoms with Crippen molar-refractivity contribution in [1.82, 2.24) is 9.88 Å². The third-order valence-corrected chi connectivity index (χ3v) is 5.84. The molecule has 1 aliphatic rings. The number of aliphatic hydroxyl groups excluding tert-OH is 1. The fourth-order valence-corrected chi connectivity index (χ4v) is 4.18. The lowest BCUT2D eigenvalue weighted by atomic mass is 9.94. The highest BCUT2D eigenvalue weighted by Crippen LogP contribution is 2.44. The molecular formula is C25H20ClFN2O5. The summed E-state index contributed by atoms with van der Waals surface area (Å²) < 4.78 is 25.5. The Bertz CT molecular complexity index is 1300. The highest BCUT2D eigenvalue weighted by molar-refractivity contribution is 6.46. The fraction of sp³-hybridized carbons (Fsp3) is 0.160. The molecule has 1 aliphatic heterocycles. The number of aliphatic hydroxyl groups is 1. The van der Waals surface area contributed by atoms with E-state index in [1.165, 1.54) is 49.5 Å². The van der Waals surface area contributed by atoms with E-state index in [4.69, 9.17) is 21.1 Å². The van der Waals surface area contributed by atoms with Crippen LogP contribution in [0, 0.1) is 5.82 Å². The molecule has 1 atom stereocenters. The Balaban J connectivity index is 1.94. The van der Waals surface area contributed by atoms with Crippen LogP contribution in [0.5, 0.6) is 11.5 Å². The van der Waals surface area contributed by atoms with Gasteiger partial charge in [0.2, 0.25) is 0 Å². The van der Waals surface area contributed by atoms with Gasteiger partial charge in [0.1, 0.15) is 23.1 Å². The predicted molar refractivity (Wildman–Crippen MR) is 123 cm³/mol. The van der Waals surface area contributed by atoms with Crippen LogP contribution in [0.2, 0.25) is 5.02 Å². The normalized spacial score (nSPS) is 17.2. The van der Waals surface area contributed by atoms with Crippen LogP contribution in [0.4, 0.5) is 4.39 Å². The van der Waals surface area contributed by atoms with E-state index >= 15 is 0 Å². The molecule has 2 aromatic carbocycles. The molecule has 1 fully saturated rings. The minimum atomic E-state index is -1.19. The predicted octanol–water partition coefficient (Wildman–Crippen LogP) is 4.51. The number of halogens is 2. The van der Waals surface area contributed by atoms with Crippen molar-refractivity contribution in [1.29, 1.82) is 0 Å². The number of ketones is 1. The lowest BCUT2D eigenvalue weighted by Gasteiger charge is -2.25. The highest BCUT2D eigenvalue weighted by atomic mass is 35.5. The highest BCUT2D eigenvalue weighted by Gasteiger charge is 2.47. The molecule has 4 rings (SSSR count). The number of carbonyl (C=O) groups is 2. The Kier molecular flexibility index (Phi) is 6.51. The van der Waals surface area contributed by atoms with Gasteiger partial charge in [0.05, 0.1) is 36.4 Å². The van der Waals surface area contributed by atoms with E-state index in [0.717, 1.165) is 0 Å². The van der Waals surface area contributed by atoms with Gasteiger partial charge in [-0.25, -0.2) is 4.39 Å². The Labute approximate surface area is 200 Å². The molecule has 174 valence electrons. The van der Waals surface area contributed by atoms with E-state index < -0.39 is 29.3 Å². The first-order valence-electron chi connectivity index (χ1n) is 10.2. The number of ether oxygens (including phenoxy) is 2. The second-order valence-corrected chi connectivity index (χ2v) is 7.90. The van der Waals surface area contributed by atoms with Gasteiger partial charge >= 0.3 is 0 Å². The number of carbonyl (C=O) groups excluding carboxylic acids is 2. The van der Waals surface area contributed by atoms with Gasteiger partial charge in [-0.2, -0.15) is 0 Å². The fourth-order valence-electron chi connectivity index (χ4n) is 3.94. The van der Waals surface area contributed by atoms with E-state index in [-0.39, 0.29) is 39.8 Å². The molecule has 1 unspecified atom stereocenters. The van der Waals surface area contributed by atoms with Crippen molar-refractivity contribution < 1.29 is 28.6 Å². The standard InChI is InChI=1S/C25H20ClFN2O5/c1-33-19-11-20(34-2)17(26)10-16(19)23(30)21-22(15-7-3-4-8-18(15)27)29(25(32)24(21)31)13-14-6-5-9-28-12-14/h3-12,22,30H,13H2,1-2H3/b23-21+. The van der Waals surface area contributed by atoms with Crippen LogP contribution in [0.1, 0.15) is 22.7 Å². The molecule has 0 aliphatic carbocycles. The number of hydrogen-bond acceptors (Lipinski definition) is 6. The van der Waals surface area contributed by atoms with Crippen molar-refractivity contribution in [3.05, 3.63) is 94.0 Å². The Morgan fingerprint density at radius 2 is 1.85 bits per heavy atom. The minimum Gasteiger partial charge on any atom is -0.507 e. The van der Waals surface area contributed by atoms with Crippen molar-refractivity contribution in [2.45, 2.75) is 12.6 Å². The summed E-state index contributed by atoms with van der Waals surface area (Å²) in [5.41, 5.74) is 0.481. The SMILES string of the molecule is COc1cc(OC)c(/C(O)=C2\C(=O)C(=O)N(Cc3cccnc3)C2c2ccccc2F)cc1Cl. The van der Waals surface area contributed by atoms with Crippen molar-refractivity contribution >= 4 is 29.1 Å². The van der Waals surface area contributed by atoms with Crippen molar-refractivity contribution in [2.75, 3.05) is 14.2 Å². The number of methoxy groups -OCH3 is 2. The van der Waals surface area contributed by atoms with Gasteiger partial charge in [-0.1, -0.05) is 35.9 Å². The number of benzene rings is 2. The zero-order valence-corrected chi connectivity index (χ0v) is 19.0. The number of hydrogen-bond donors (Lipinski definition) is 1. The average molecular weight is 483 g/mol. The third-order valence-electron chi connectivity index (χ3n) is 5.54. The summed E-state index contributed by atoms with van der Waals surface area (Å²) in [5, 5.41) is 11.4. The molecular weight excluding hydrogens is 463 g/mol. The summed E-state index contributed by atoms with van der Waals surface area (Å²) in [6.45, 7) is -0.0191. The number of pyridine rings is 1. The summed E-state index contributed by atoms with van der Waals surface area (Å²) >= 11 is 6.25. The molecule has 9 heteroatoms. The van der Waals surface area contributed by atoms with Gasteiger partial charge in [-0.3, -0.25) is 14.6 Å². The van der Waals surface area contributed by atoms with E-state index in [2.05, 4.69) is 4.98 Å². The second-order valence-electron chi connectivity index (χ2n) is 7.50. The van der Waals surface area contributed by atoms with Crippen LogP contribution in [-0.4, -0.2) is 40.9 Å². The van der Waals surface area contributed by atoms with Gasteiger partial charge in [0.15, 0.2) is 0 Å². The molecule has 1 amide bonds. The Morgan fingerprint density at radius 3 is 2.50 bits per heavy atom. The summed E-state index contributed by atoms with van der Waals surface area (Å²) in [5.74, 6) is -2.55. The molecule has 1 saturated heterocycles. The lowest BCUT2D eigenvalue weighted by molar-refractivity contribution is -0.140.